The van der Waals surface area contributed by atoms with Gasteiger partial charge in [0.15, 0.2) is 0 Å². The highest BCUT2D eigenvalue weighted by Gasteiger charge is 2.19. The normalized spacial score (nSPS) is 12.4. The molecule has 3 nitrogen and oxygen atoms in total. The van der Waals surface area contributed by atoms with Crippen molar-refractivity contribution in [2.24, 2.45) is 7.05 Å². The Morgan fingerprint density at radius 1 is 0.719 bits per heavy atom. The predicted octanol–water partition coefficient (Wildman–Crippen LogP) is 7.39. The van der Waals surface area contributed by atoms with E-state index in [0.29, 0.717) is 0 Å². The van der Waals surface area contributed by atoms with Crippen molar-refractivity contribution in [3.63, 3.8) is 0 Å². The summed E-state index contributed by atoms with van der Waals surface area (Å²) >= 11 is 0. The van der Waals surface area contributed by atoms with Gasteiger partial charge in [0.05, 0.1) is 16.6 Å². The van der Waals surface area contributed by atoms with Crippen molar-refractivity contribution in [2.45, 2.75) is 26.2 Å². The van der Waals surface area contributed by atoms with E-state index in [4.69, 9.17) is 4.98 Å². The summed E-state index contributed by atoms with van der Waals surface area (Å²) in [6, 6.07) is 26.4. The van der Waals surface area contributed by atoms with E-state index in [9.17, 15) is 0 Å². The van der Waals surface area contributed by atoms with Gasteiger partial charge in [0.1, 0.15) is 12.0 Å². The molecule has 0 aliphatic rings. The maximum atomic E-state index is 4.82. The van der Waals surface area contributed by atoms with Crippen LogP contribution in [0.25, 0.3) is 54.7 Å². The zero-order valence-corrected chi connectivity index (χ0v) is 18.8. The van der Waals surface area contributed by atoms with Crippen molar-refractivity contribution in [1.29, 1.82) is 0 Å². The molecule has 3 heteroatoms. The Morgan fingerprint density at radius 2 is 1.47 bits per heavy atom. The average molecular weight is 416 g/mol. The Bertz CT molecular complexity index is 1670. The fourth-order valence-electron chi connectivity index (χ4n) is 4.86. The van der Waals surface area contributed by atoms with Crippen LogP contribution >= 0.6 is 0 Å². The third-order valence-electron chi connectivity index (χ3n) is 6.64. The van der Waals surface area contributed by atoms with Crippen LogP contribution in [0.1, 0.15) is 26.3 Å². The average Bonchev–Trinajstić information content (AvgIpc) is 3.08. The van der Waals surface area contributed by atoms with Gasteiger partial charge < -0.3 is 4.57 Å². The van der Waals surface area contributed by atoms with Crippen LogP contribution in [0, 0.1) is 0 Å². The van der Waals surface area contributed by atoms with Gasteiger partial charge in [-0.1, -0.05) is 81.4 Å². The fraction of sp³-hybridized carbons (Fsp3) is 0.172. The molecule has 0 atom stereocenters. The van der Waals surface area contributed by atoms with Crippen LogP contribution < -0.4 is 0 Å². The predicted molar refractivity (Wildman–Crippen MR) is 135 cm³/mol. The second kappa shape index (κ2) is 6.64. The summed E-state index contributed by atoms with van der Waals surface area (Å²) in [5.74, 6) is 0. The lowest BCUT2D eigenvalue weighted by molar-refractivity contribution is 0.591. The number of aromatic nitrogens is 3. The second-order valence-electron chi connectivity index (χ2n) is 9.69. The molecule has 2 heterocycles. The van der Waals surface area contributed by atoms with Gasteiger partial charge in [-0.15, -0.1) is 0 Å². The Hall–Kier alpha value is -3.72. The Morgan fingerprint density at radius 3 is 2.25 bits per heavy atom. The Kier molecular flexibility index (Phi) is 3.94. The summed E-state index contributed by atoms with van der Waals surface area (Å²) < 4.78 is 2.19. The van der Waals surface area contributed by atoms with E-state index < -0.39 is 0 Å². The molecule has 0 amide bonds. The maximum Gasteiger partial charge on any atom is 0.144 e. The Labute approximate surface area is 187 Å². The summed E-state index contributed by atoms with van der Waals surface area (Å²) in [5.41, 5.74) is 5.73. The van der Waals surface area contributed by atoms with Crippen LogP contribution in [0.4, 0.5) is 0 Å². The summed E-state index contributed by atoms with van der Waals surface area (Å²) in [6.07, 6.45) is 1.69. The minimum absolute atomic E-state index is 0.114. The standard InChI is InChI=1S/C29H25N3/c1-29(2,3)21-12-13-22-20(14-21)10-7-11-23(22)27-26-24-15-18-8-5-6-9-19(18)16-25(24)32(4)28(26)31-17-30-27/h5-17H,1-4H3. The third kappa shape index (κ3) is 2.74. The van der Waals surface area contributed by atoms with Crippen molar-refractivity contribution >= 4 is 43.5 Å². The number of aryl methyl sites for hydroxylation is 1. The molecule has 156 valence electrons. The molecule has 0 radical (unpaired) electrons. The third-order valence-corrected chi connectivity index (χ3v) is 6.64. The van der Waals surface area contributed by atoms with Gasteiger partial charge in [-0.25, -0.2) is 9.97 Å². The lowest BCUT2D eigenvalue weighted by Crippen LogP contribution is -2.10. The molecule has 0 bridgehead atoms. The molecule has 6 aromatic rings. The highest BCUT2D eigenvalue weighted by molar-refractivity contribution is 6.17. The largest absolute Gasteiger partial charge is 0.328 e. The summed E-state index contributed by atoms with van der Waals surface area (Å²) in [4.78, 5) is 9.49. The smallest absolute Gasteiger partial charge is 0.144 e. The lowest BCUT2D eigenvalue weighted by Gasteiger charge is -2.20. The molecule has 6 rings (SSSR count). The molecule has 0 fully saturated rings. The monoisotopic (exact) mass is 415 g/mol. The molecule has 0 aliphatic heterocycles. The number of hydrogen-bond acceptors (Lipinski definition) is 2. The van der Waals surface area contributed by atoms with Gasteiger partial charge in [-0.3, -0.25) is 0 Å². The molecule has 2 aromatic heterocycles. The topological polar surface area (TPSA) is 30.7 Å². The van der Waals surface area contributed by atoms with Gasteiger partial charge >= 0.3 is 0 Å². The number of benzene rings is 4. The number of fused-ring (bicyclic) bond motifs is 5. The van der Waals surface area contributed by atoms with Crippen LogP contribution in [0.15, 0.2) is 79.1 Å². The van der Waals surface area contributed by atoms with Crippen LogP contribution in [0.5, 0.6) is 0 Å². The van der Waals surface area contributed by atoms with E-state index >= 15 is 0 Å². The molecule has 0 saturated carbocycles. The number of nitrogens with zero attached hydrogens (tertiary/aromatic N) is 3. The highest BCUT2D eigenvalue weighted by atomic mass is 15.0. The van der Waals surface area contributed by atoms with Crippen LogP contribution in [-0.4, -0.2) is 14.5 Å². The van der Waals surface area contributed by atoms with Crippen molar-refractivity contribution in [3.05, 3.63) is 84.7 Å². The summed E-state index contributed by atoms with van der Waals surface area (Å²) in [6.45, 7) is 6.77. The Balaban J connectivity index is 1.71. The molecule has 0 spiro atoms. The van der Waals surface area contributed by atoms with Crippen molar-refractivity contribution < 1.29 is 0 Å². The second-order valence-corrected chi connectivity index (χ2v) is 9.69. The van der Waals surface area contributed by atoms with E-state index in [1.807, 2.05) is 0 Å². The molecule has 4 aromatic carbocycles. The lowest BCUT2D eigenvalue weighted by atomic mass is 9.85. The minimum Gasteiger partial charge on any atom is -0.328 e. The van der Waals surface area contributed by atoms with Gasteiger partial charge in [0.2, 0.25) is 0 Å². The SMILES string of the molecule is Cn1c2cc3ccccc3cc2c2c(-c3cccc4cc(C(C)(C)C)ccc34)ncnc21. The zero-order valence-electron chi connectivity index (χ0n) is 18.8. The first kappa shape index (κ1) is 19.0. The summed E-state index contributed by atoms with van der Waals surface area (Å²) in [7, 11) is 2.09. The molecule has 32 heavy (non-hydrogen) atoms. The van der Waals surface area contributed by atoms with E-state index in [2.05, 4.69) is 110 Å². The van der Waals surface area contributed by atoms with E-state index in [1.165, 1.54) is 38.0 Å². The molecular formula is C29H25N3. The van der Waals surface area contributed by atoms with Crippen LogP contribution in [0.2, 0.25) is 0 Å². The van der Waals surface area contributed by atoms with E-state index in [1.54, 1.807) is 6.33 Å². The van der Waals surface area contributed by atoms with Gasteiger partial charge in [-0.2, -0.15) is 0 Å². The first-order chi connectivity index (χ1) is 15.4. The molecule has 0 saturated heterocycles. The molecule has 0 unspecified atom stereocenters. The van der Waals surface area contributed by atoms with Gasteiger partial charge in [0, 0.05) is 18.0 Å². The van der Waals surface area contributed by atoms with E-state index in [0.717, 1.165) is 22.3 Å². The van der Waals surface area contributed by atoms with Crippen LogP contribution in [0.3, 0.4) is 0 Å². The van der Waals surface area contributed by atoms with Crippen molar-refractivity contribution in [1.82, 2.24) is 14.5 Å². The molecular weight excluding hydrogens is 390 g/mol. The molecule has 0 aliphatic carbocycles. The highest BCUT2D eigenvalue weighted by Crippen LogP contribution is 2.38. The summed E-state index contributed by atoms with van der Waals surface area (Å²) in [5, 5.41) is 7.24. The first-order valence-electron chi connectivity index (χ1n) is 11.1. The van der Waals surface area contributed by atoms with Gasteiger partial charge in [0.25, 0.3) is 0 Å². The van der Waals surface area contributed by atoms with Crippen LogP contribution in [-0.2, 0) is 12.5 Å². The molecule has 0 N–H and O–H groups in total. The van der Waals surface area contributed by atoms with Gasteiger partial charge in [-0.05, 0) is 44.7 Å². The first-order valence-corrected chi connectivity index (χ1v) is 11.1. The van der Waals surface area contributed by atoms with Crippen molar-refractivity contribution in [2.75, 3.05) is 0 Å². The minimum atomic E-state index is 0.114. The fourth-order valence-corrected chi connectivity index (χ4v) is 4.86. The van der Waals surface area contributed by atoms with E-state index in [-0.39, 0.29) is 5.41 Å². The van der Waals surface area contributed by atoms with Crippen molar-refractivity contribution in [3.8, 4) is 11.3 Å². The number of rotatable bonds is 1. The maximum absolute atomic E-state index is 4.82. The quantitative estimate of drug-likeness (QED) is 0.280. The number of hydrogen-bond donors (Lipinski definition) is 0. The zero-order chi connectivity index (χ0) is 22.0.